The van der Waals surface area contributed by atoms with Crippen molar-refractivity contribution in [2.24, 2.45) is 5.92 Å². The maximum absolute atomic E-state index is 12.1. The second-order valence-corrected chi connectivity index (χ2v) is 6.71. The number of hydrogen-bond acceptors (Lipinski definition) is 3. The minimum Gasteiger partial charge on any atom is -0.393 e. The van der Waals surface area contributed by atoms with Crippen LogP contribution in [-0.2, 0) is 16.0 Å². The second kappa shape index (κ2) is 7.13. The summed E-state index contributed by atoms with van der Waals surface area (Å²) in [5.41, 5.74) is 1.72. The average Bonchev–Trinajstić information content (AvgIpc) is 3.36. The fourth-order valence-corrected chi connectivity index (χ4v) is 2.98. The molecule has 3 N–H and O–H groups in total. The molecular formula is C18H24N2O3. The van der Waals surface area contributed by atoms with Crippen molar-refractivity contribution < 1.29 is 14.7 Å². The standard InChI is InChI=1S/C18H24N2O3/c21-16-9-7-14(8-10-16)19-17(22)11-12-1-5-15(6-2-12)20-18(23)13-3-4-13/h1-2,5-6,13-14,16,21H,3-4,7-11H2,(H,19,22)(H,20,23). The minimum absolute atomic E-state index is 0.0150. The number of benzene rings is 1. The van der Waals surface area contributed by atoms with Gasteiger partial charge in [0.25, 0.3) is 0 Å². The van der Waals surface area contributed by atoms with Crippen LogP contribution in [-0.4, -0.2) is 29.1 Å². The smallest absolute Gasteiger partial charge is 0.227 e. The Morgan fingerprint density at radius 1 is 1.00 bits per heavy atom. The van der Waals surface area contributed by atoms with E-state index < -0.39 is 0 Å². The Morgan fingerprint density at radius 2 is 1.65 bits per heavy atom. The molecule has 0 aliphatic heterocycles. The number of anilines is 1. The van der Waals surface area contributed by atoms with E-state index >= 15 is 0 Å². The van der Waals surface area contributed by atoms with Crippen LogP contribution in [0.4, 0.5) is 5.69 Å². The highest BCUT2D eigenvalue weighted by Gasteiger charge is 2.29. The molecule has 0 spiro atoms. The van der Waals surface area contributed by atoms with Gasteiger partial charge in [0, 0.05) is 17.6 Å². The van der Waals surface area contributed by atoms with Crippen molar-refractivity contribution in [1.29, 1.82) is 0 Å². The quantitative estimate of drug-likeness (QED) is 0.777. The predicted molar refractivity (Wildman–Crippen MR) is 87.9 cm³/mol. The Labute approximate surface area is 136 Å². The Bertz CT molecular complexity index is 558. The molecule has 23 heavy (non-hydrogen) atoms. The third kappa shape index (κ3) is 4.79. The van der Waals surface area contributed by atoms with Crippen molar-refractivity contribution in [3.05, 3.63) is 29.8 Å². The fourth-order valence-electron chi connectivity index (χ4n) is 2.98. The molecule has 5 heteroatoms. The fraction of sp³-hybridized carbons (Fsp3) is 0.556. The summed E-state index contributed by atoms with van der Waals surface area (Å²) in [6.07, 6.45) is 5.33. The van der Waals surface area contributed by atoms with Gasteiger partial charge < -0.3 is 15.7 Å². The number of aliphatic hydroxyl groups is 1. The first-order chi connectivity index (χ1) is 11.1. The van der Waals surface area contributed by atoms with Gasteiger partial charge in [0.2, 0.25) is 11.8 Å². The van der Waals surface area contributed by atoms with Crippen LogP contribution in [0.1, 0.15) is 44.1 Å². The molecule has 0 radical (unpaired) electrons. The van der Waals surface area contributed by atoms with E-state index in [1.165, 1.54) is 0 Å². The van der Waals surface area contributed by atoms with Gasteiger partial charge in [0.15, 0.2) is 0 Å². The first-order valence-electron chi connectivity index (χ1n) is 8.47. The molecule has 3 rings (SSSR count). The SMILES string of the molecule is O=C(Cc1ccc(NC(=O)C2CC2)cc1)NC1CCC(O)CC1. The van der Waals surface area contributed by atoms with Gasteiger partial charge in [-0.1, -0.05) is 12.1 Å². The number of hydrogen-bond donors (Lipinski definition) is 3. The topological polar surface area (TPSA) is 78.4 Å². The molecular weight excluding hydrogens is 292 g/mol. The van der Waals surface area contributed by atoms with Crippen LogP contribution in [0.5, 0.6) is 0 Å². The molecule has 0 aromatic heterocycles. The summed E-state index contributed by atoms with van der Waals surface area (Å²) >= 11 is 0. The third-order valence-electron chi connectivity index (χ3n) is 4.60. The summed E-state index contributed by atoms with van der Waals surface area (Å²) in [5.74, 6) is 0.297. The lowest BCUT2D eigenvalue weighted by Crippen LogP contribution is -2.39. The highest BCUT2D eigenvalue weighted by atomic mass is 16.3. The van der Waals surface area contributed by atoms with E-state index in [0.717, 1.165) is 49.8 Å². The van der Waals surface area contributed by atoms with Crippen LogP contribution in [0, 0.1) is 5.92 Å². The van der Waals surface area contributed by atoms with Crippen LogP contribution >= 0.6 is 0 Å². The number of rotatable bonds is 5. The minimum atomic E-state index is -0.207. The van der Waals surface area contributed by atoms with Gasteiger partial charge in [0.05, 0.1) is 12.5 Å². The number of carbonyl (C=O) groups excluding carboxylic acids is 2. The molecule has 0 heterocycles. The lowest BCUT2D eigenvalue weighted by Gasteiger charge is -2.26. The normalized spacial score (nSPS) is 24.0. The Morgan fingerprint density at radius 3 is 2.26 bits per heavy atom. The predicted octanol–water partition coefficient (Wildman–Crippen LogP) is 2.00. The Balaban J connectivity index is 1.45. The first kappa shape index (κ1) is 16.0. The molecule has 2 aliphatic carbocycles. The molecule has 1 aromatic rings. The van der Waals surface area contributed by atoms with E-state index in [-0.39, 0.29) is 29.9 Å². The van der Waals surface area contributed by atoms with E-state index in [2.05, 4.69) is 10.6 Å². The van der Waals surface area contributed by atoms with Crippen LogP contribution in [0.3, 0.4) is 0 Å². The zero-order valence-electron chi connectivity index (χ0n) is 13.3. The third-order valence-corrected chi connectivity index (χ3v) is 4.60. The molecule has 2 amide bonds. The highest BCUT2D eigenvalue weighted by molar-refractivity contribution is 5.94. The molecule has 2 saturated carbocycles. The van der Waals surface area contributed by atoms with Crippen LogP contribution in [0.2, 0.25) is 0 Å². The van der Waals surface area contributed by atoms with Crippen molar-refractivity contribution in [2.45, 2.75) is 57.1 Å². The van der Waals surface area contributed by atoms with E-state index in [9.17, 15) is 14.7 Å². The maximum Gasteiger partial charge on any atom is 0.227 e. The van der Waals surface area contributed by atoms with Crippen molar-refractivity contribution in [1.82, 2.24) is 5.32 Å². The summed E-state index contributed by atoms with van der Waals surface area (Å²) < 4.78 is 0. The van der Waals surface area contributed by atoms with E-state index in [1.807, 2.05) is 24.3 Å². The molecule has 0 unspecified atom stereocenters. The zero-order valence-corrected chi connectivity index (χ0v) is 13.3. The van der Waals surface area contributed by atoms with Gasteiger partial charge in [-0.2, -0.15) is 0 Å². The summed E-state index contributed by atoms with van der Waals surface area (Å²) in [5, 5.41) is 15.4. The van der Waals surface area contributed by atoms with E-state index in [4.69, 9.17) is 0 Å². The van der Waals surface area contributed by atoms with Crippen molar-refractivity contribution in [3.8, 4) is 0 Å². The highest BCUT2D eigenvalue weighted by Crippen LogP contribution is 2.30. The largest absolute Gasteiger partial charge is 0.393 e. The number of aliphatic hydroxyl groups excluding tert-OH is 1. The molecule has 2 fully saturated rings. The molecule has 0 saturated heterocycles. The summed E-state index contributed by atoms with van der Waals surface area (Å²) in [6, 6.07) is 7.64. The van der Waals surface area contributed by atoms with Crippen LogP contribution in [0.25, 0.3) is 0 Å². The molecule has 124 valence electrons. The summed E-state index contributed by atoms with van der Waals surface area (Å²) in [4.78, 5) is 23.8. The van der Waals surface area contributed by atoms with Crippen molar-refractivity contribution >= 4 is 17.5 Å². The first-order valence-corrected chi connectivity index (χ1v) is 8.47. The second-order valence-electron chi connectivity index (χ2n) is 6.71. The van der Waals surface area contributed by atoms with Crippen LogP contribution in [0.15, 0.2) is 24.3 Å². The monoisotopic (exact) mass is 316 g/mol. The summed E-state index contributed by atoms with van der Waals surface area (Å²) in [7, 11) is 0. The van der Waals surface area contributed by atoms with E-state index in [0.29, 0.717) is 6.42 Å². The van der Waals surface area contributed by atoms with Crippen molar-refractivity contribution in [3.63, 3.8) is 0 Å². The number of carbonyl (C=O) groups is 2. The number of nitrogens with one attached hydrogen (secondary N) is 2. The summed E-state index contributed by atoms with van der Waals surface area (Å²) in [6.45, 7) is 0. The Kier molecular flexibility index (Phi) is 4.96. The van der Waals surface area contributed by atoms with Gasteiger partial charge in [-0.05, 0) is 56.2 Å². The molecule has 5 nitrogen and oxygen atoms in total. The van der Waals surface area contributed by atoms with Crippen LogP contribution < -0.4 is 10.6 Å². The maximum atomic E-state index is 12.1. The van der Waals surface area contributed by atoms with Gasteiger partial charge in [-0.25, -0.2) is 0 Å². The molecule has 0 bridgehead atoms. The lowest BCUT2D eigenvalue weighted by atomic mass is 9.93. The van der Waals surface area contributed by atoms with Gasteiger partial charge in [-0.15, -0.1) is 0 Å². The van der Waals surface area contributed by atoms with Gasteiger partial charge >= 0.3 is 0 Å². The average molecular weight is 316 g/mol. The van der Waals surface area contributed by atoms with Gasteiger partial charge in [-0.3, -0.25) is 9.59 Å². The van der Waals surface area contributed by atoms with Gasteiger partial charge in [0.1, 0.15) is 0 Å². The lowest BCUT2D eigenvalue weighted by molar-refractivity contribution is -0.121. The van der Waals surface area contributed by atoms with Crippen molar-refractivity contribution in [2.75, 3.05) is 5.32 Å². The zero-order chi connectivity index (χ0) is 16.2. The number of amides is 2. The van der Waals surface area contributed by atoms with E-state index in [1.54, 1.807) is 0 Å². The molecule has 1 aromatic carbocycles. The molecule has 0 atom stereocenters. The Hall–Kier alpha value is -1.88. The molecule has 2 aliphatic rings.